The van der Waals surface area contributed by atoms with E-state index in [1.54, 1.807) is 11.6 Å². The van der Waals surface area contributed by atoms with Gasteiger partial charge >= 0.3 is 5.76 Å². The Morgan fingerprint density at radius 2 is 1.89 bits per heavy atom. The first-order chi connectivity index (χ1) is 17.0. The smallest absolute Gasteiger partial charge is 0.355 e. The number of alkyl halides is 2. The van der Waals surface area contributed by atoms with Crippen LogP contribution in [0.15, 0.2) is 48.7 Å². The lowest BCUT2D eigenvalue weighted by Crippen LogP contribution is -2.21. The molecule has 0 aliphatic rings. The lowest BCUT2D eigenvalue weighted by atomic mass is 9.99. The van der Waals surface area contributed by atoms with Crippen LogP contribution in [0.1, 0.15) is 35.3 Å². The van der Waals surface area contributed by atoms with Crippen LogP contribution in [0.5, 0.6) is 5.75 Å². The number of hydrogen-bond acceptors (Lipinski definition) is 8. The summed E-state index contributed by atoms with van der Waals surface area (Å²) in [6.07, 6.45) is 0.491. The van der Waals surface area contributed by atoms with Gasteiger partial charge in [0.2, 0.25) is 0 Å². The summed E-state index contributed by atoms with van der Waals surface area (Å²) in [5.41, 5.74) is 6.66. The normalized spacial score (nSPS) is 12.0. The molecule has 0 unspecified atom stereocenters. The number of ether oxygens (including phenoxy) is 1. The van der Waals surface area contributed by atoms with Gasteiger partial charge in [0.05, 0.1) is 28.2 Å². The Morgan fingerprint density at radius 3 is 2.47 bits per heavy atom. The second-order valence-corrected chi connectivity index (χ2v) is 9.12. The molecule has 188 valence electrons. The summed E-state index contributed by atoms with van der Waals surface area (Å²) >= 11 is 0. The van der Waals surface area contributed by atoms with Crippen molar-refractivity contribution in [2.45, 2.75) is 18.8 Å². The summed E-state index contributed by atoms with van der Waals surface area (Å²) in [6, 6.07) is 11.0. The first kappa shape index (κ1) is 26.3. The third-order valence-electron chi connectivity index (χ3n) is 5.13. The van der Waals surface area contributed by atoms with Gasteiger partial charge in [0.1, 0.15) is 29.6 Å². The molecule has 3 rings (SSSR count). The van der Waals surface area contributed by atoms with Crippen LogP contribution in [-0.4, -0.2) is 31.9 Å². The number of anilines is 3. The van der Waals surface area contributed by atoms with Gasteiger partial charge in [-0.15, -0.1) is 0 Å². The third kappa shape index (κ3) is 5.49. The molecule has 0 saturated carbocycles. The highest BCUT2D eigenvalue weighted by Crippen LogP contribution is 2.34. The monoisotopic (exact) mass is 518 g/mol. The summed E-state index contributed by atoms with van der Waals surface area (Å²) < 4.78 is 70.6. The van der Waals surface area contributed by atoms with E-state index in [-0.39, 0.29) is 45.3 Å². The van der Waals surface area contributed by atoms with Crippen molar-refractivity contribution in [1.82, 2.24) is 4.98 Å². The molecule has 3 aromatic rings. The van der Waals surface area contributed by atoms with Gasteiger partial charge in [0, 0.05) is 18.8 Å². The van der Waals surface area contributed by atoms with Crippen molar-refractivity contribution in [1.29, 1.82) is 10.7 Å². The quantitative estimate of drug-likeness (QED) is 0.309. The van der Waals surface area contributed by atoms with Crippen LogP contribution in [0.3, 0.4) is 0 Å². The van der Waals surface area contributed by atoms with E-state index in [1.807, 2.05) is 6.07 Å². The summed E-state index contributed by atoms with van der Waals surface area (Å²) in [5, 5.41) is 20.9. The third-order valence-corrected chi connectivity index (χ3v) is 6.10. The number of nitrogens with zero attached hydrogens (tertiary/aromatic N) is 2. The van der Waals surface area contributed by atoms with Crippen LogP contribution in [0.2, 0.25) is 0 Å². The Hall–Kier alpha value is -4.31. The number of benzene rings is 2. The molecule has 36 heavy (non-hydrogen) atoms. The largest absolute Gasteiger partial charge is 0.484 e. The number of nitrogens with one attached hydrogen (secondary N) is 3. The molecule has 9 nitrogen and oxygen atoms in total. The molecule has 1 aromatic heterocycles. The first-order valence-electron chi connectivity index (χ1n) is 10.3. The highest BCUT2D eigenvalue weighted by molar-refractivity contribution is 7.93. The zero-order valence-electron chi connectivity index (χ0n) is 19.0. The molecule has 0 amide bonds. The van der Waals surface area contributed by atoms with E-state index in [1.165, 1.54) is 49.6 Å². The van der Waals surface area contributed by atoms with Gasteiger partial charge in [-0.05, 0) is 36.8 Å². The van der Waals surface area contributed by atoms with Crippen molar-refractivity contribution in [3.05, 3.63) is 76.7 Å². The Bertz CT molecular complexity index is 1440. The highest BCUT2D eigenvalue weighted by atomic mass is 32.2. The Balaban J connectivity index is 2.10. The lowest BCUT2D eigenvalue weighted by Gasteiger charge is -2.20. The van der Waals surface area contributed by atoms with Gasteiger partial charge in [-0.2, -0.15) is 14.0 Å². The van der Waals surface area contributed by atoms with Crippen molar-refractivity contribution in [3.8, 4) is 11.8 Å². The topological polar surface area (TPSA) is 154 Å². The maximum Gasteiger partial charge on any atom is 0.355 e. The molecular formula is C23H21F3N6O3S. The van der Waals surface area contributed by atoms with Crippen LogP contribution >= 0.6 is 0 Å². The average Bonchev–Trinajstić information content (AvgIpc) is 2.84. The van der Waals surface area contributed by atoms with Crippen molar-refractivity contribution in [2.75, 3.05) is 22.8 Å². The van der Waals surface area contributed by atoms with Crippen molar-refractivity contribution in [3.63, 3.8) is 0 Å². The molecule has 0 aliphatic carbocycles. The number of hydrogen-bond donors (Lipinski definition) is 4. The number of aromatic nitrogens is 1. The SMILES string of the molecule is CNc1c(C#N)cnc(N)c1C(=N)c1ccc(NS(=O)(=O)C(F)F)c(O[C@@H](C)c2ccc(F)cc2)c1. The molecule has 1 heterocycles. The van der Waals surface area contributed by atoms with Crippen LogP contribution in [0.25, 0.3) is 0 Å². The van der Waals surface area contributed by atoms with Gasteiger partial charge < -0.3 is 15.8 Å². The molecule has 0 saturated heterocycles. The maximum absolute atomic E-state index is 13.3. The van der Waals surface area contributed by atoms with E-state index in [9.17, 15) is 26.9 Å². The maximum atomic E-state index is 13.3. The summed E-state index contributed by atoms with van der Waals surface area (Å²) in [7, 11) is -3.50. The van der Waals surface area contributed by atoms with Crippen LogP contribution in [0.4, 0.5) is 30.4 Å². The van der Waals surface area contributed by atoms with Gasteiger partial charge in [-0.25, -0.2) is 17.8 Å². The van der Waals surface area contributed by atoms with Crippen molar-refractivity contribution < 1.29 is 26.3 Å². The number of rotatable bonds is 9. The number of nitriles is 1. The van der Waals surface area contributed by atoms with E-state index in [0.717, 1.165) is 6.07 Å². The molecule has 0 spiro atoms. The number of sulfonamides is 1. The Morgan fingerprint density at radius 1 is 1.22 bits per heavy atom. The second-order valence-electron chi connectivity index (χ2n) is 7.47. The van der Waals surface area contributed by atoms with E-state index in [4.69, 9.17) is 15.9 Å². The van der Waals surface area contributed by atoms with Gasteiger partial charge in [0.15, 0.2) is 0 Å². The fraction of sp³-hybridized carbons (Fsp3) is 0.174. The predicted molar refractivity (Wildman–Crippen MR) is 129 cm³/mol. The van der Waals surface area contributed by atoms with Gasteiger partial charge in [0.25, 0.3) is 10.0 Å². The van der Waals surface area contributed by atoms with Gasteiger partial charge in [-0.1, -0.05) is 18.2 Å². The molecule has 5 N–H and O–H groups in total. The first-order valence-corrected chi connectivity index (χ1v) is 11.8. The minimum absolute atomic E-state index is 0.0482. The second kappa shape index (κ2) is 10.5. The highest BCUT2D eigenvalue weighted by Gasteiger charge is 2.26. The van der Waals surface area contributed by atoms with Crippen molar-refractivity contribution in [2.24, 2.45) is 0 Å². The lowest BCUT2D eigenvalue weighted by molar-refractivity contribution is 0.227. The molecule has 0 aliphatic heterocycles. The number of pyridine rings is 1. The molecule has 0 bridgehead atoms. The van der Waals surface area contributed by atoms with Crippen LogP contribution in [-0.2, 0) is 10.0 Å². The molecule has 0 radical (unpaired) electrons. The van der Waals surface area contributed by atoms with E-state index >= 15 is 0 Å². The fourth-order valence-corrected chi connectivity index (χ4v) is 3.88. The molecule has 13 heteroatoms. The zero-order chi connectivity index (χ0) is 26.6. The summed E-state index contributed by atoms with van der Waals surface area (Å²) in [5.74, 6) is -4.39. The number of nitrogen functional groups attached to an aromatic ring is 1. The van der Waals surface area contributed by atoms with Gasteiger partial charge in [-0.3, -0.25) is 10.1 Å². The van der Waals surface area contributed by atoms with E-state index in [0.29, 0.717) is 5.56 Å². The number of halogens is 3. The minimum Gasteiger partial charge on any atom is -0.484 e. The summed E-state index contributed by atoms with van der Waals surface area (Å²) in [4.78, 5) is 3.95. The van der Waals surface area contributed by atoms with Crippen LogP contribution < -0.4 is 20.5 Å². The molecule has 1 atom stereocenters. The average molecular weight is 519 g/mol. The van der Waals surface area contributed by atoms with Crippen molar-refractivity contribution >= 4 is 32.9 Å². The van der Waals surface area contributed by atoms with Crippen LogP contribution in [0, 0.1) is 22.6 Å². The molecule has 2 aromatic carbocycles. The zero-order valence-corrected chi connectivity index (χ0v) is 19.8. The molecular weight excluding hydrogens is 497 g/mol. The molecule has 0 fully saturated rings. The Kier molecular flexibility index (Phi) is 7.69. The number of nitrogens with two attached hydrogens (primary N) is 1. The van der Waals surface area contributed by atoms with E-state index < -0.39 is 27.7 Å². The van der Waals surface area contributed by atoms with E-state index in [2.05, 4.69) is 10.3 Å². The predicted octanol–water partition coefficient (Wildman–Crippen LogP) is 4.24. The minimum atomic E-state index is -5.03. The fourth-order valence-electron chi connectivity index (χ4n) is 3.32. The summed E-state index contributed by atoms with van der Waals surface area (Å²) in [6.45, 7) is 1.59. The Labute approximate surface area is 205 Å². The standard InChI is InChI=1S/C23H21F3N6O3S/c1-12(13-3-6-16(24)7-4-13)35-18-9-14(5-8-17(18)32-36(33,34)23(25)26)20(28)19-21(30-2)15(10-27)11-31-22(19)29/h3-9,11-12,23,28,32H,1-2H3,(H3,29,30,31)/t12-/m0/s1.